The topological polar surface area (TPSA) is 128 Å². The average molecular weight is 553 g/mol. The number of carbonyl (C=O) groups is 2. The second-order valence-corrected chi connectivity index (χ2v) is 10.3. The van der Waals surface area contributed by atoms with Crippen molar-refractivity contribution in [3.8, 4) is 5.69 Å². The summed E-state index contributed by atoms with van der Waals surface area (Å²) in [5, 5.41) is 2.53. The molecule has 12 heteroatoms. The zero-order valence-corrected chi connectivity index (χ0v) is 22.0. The summed E-state index contributed by atoms with van der Waals surface area (Å²) in [7, 11) is -2.43. The highest BCUT2D eigenvalue weighted by atomic mass is 32.2. The lowest BCUT2D eigenvalue weighted by Gasteiger charge is -2.14. The molecule has 0 aliphatic heterocycles. The first-order chi connectivity index (χ1) is 18.5. The normalized spacial score (nSPS) is 12.0. The highest BCUT2D eigenvalue weighted by Gasteiger charge is 2.24. The molecule has 0 spiro atoms. The Kier molecular flexibility index (Phi) is 7.68. The third kappa shape index (κ3) is 5.91. The number of anilines is 2. The third-order valence-electron chi connectivity index (χ3n) is 5.93. The number of nitrogens with zero attached hydrogens (tertiary/aromatic N) is 2. The van der Waals surface area contributed by atoms with E-state index in [0.717, 1.165) is 18.2 Å². The Hall–Kier alpha value is -4.71. The lowest BCUT2D eigenvalue weighted by atomic mass is 10.2. The molecule has 202 valence electrons. The summed E-state index contributed by atoms with van der Waals surface area (Å²) in [6.07, 6.45) is -1.31. The summed E-state index contributed by atoms with van der Waals surface area (Å²) in [4.78, 5) is 38.3. The van der Waals surface area contributed by atoms with Gasteiger partial charge < -0.3 is 10.1 Å². The van der Waals surface area contributed by atoms with Gasteiger partial charge in [-0.15, -0.1) is 0 Å². The van der Waals surface area contributed by atoms with Crippen molar-refractivity contribution in [1.82, 2.24) is 9.36 Å². The molecule has 0 saturated carbocycles. The SMILES string of the molecule is Cc1c(NC(=O)C(C)OC(=O)c2cccc(S(=O)(=O)Nc3ccc(F)cc3)c2)c(=O)n(-c2ccccc2)n1C. The summed E-state index contributed by atoms with van der Waals surface area (Å²) in [5.74, 6) is -2.20. The van der Waals surface area contributed by atoms with Gasteiger partial charge in [0.05, 0.1) is 21.8 Å². The summed E-state index contributed by atoms with van der Waals surface area (Å²) in [6.45, 7) is 3.00. The van der Waals surface area contributed by atoms with Crippen molar-refractivity contribution in [2.75, 3.05) is 10.0 Å². The van der Waals surface area contributed by atoms with Crippen LogP contribution in [-0.2, 0) is 26.6 Å². The quantitative estimate of drug-likeness (QED) is 0.322. The monoisotopic (exact) mass is 552 g/mol. The predicted octanol–water partition coefficient (Wildman–Crippen LogP) is 3.61. The number of halogens is 1. The molecular weight excluding hydrogens is 527 g/mol. The Labute approximate surface area is 223 Å². The van der Waals surface area contributed by atoms with Crippen molar-refractivity contribution in [2.45, 2.75) is 24.8 Å². The van der Waals surface area contributed by atoms with Crippen LogP contribution < -0.4 is 15.6 Å². The molecule has 0 bridgehead atoms. The number of sulfonamides is 1. The summed E-state index contributed by atoms with van der Waals surface area (Å²) >= 11 is 0. The molecule has 10 nitrogen and oxygen atoms in total. The first-order valence-electron chi connectivity index (χ1n) is 11.7. The lowest BCUT2D eigenvalue weighted by Crippen LogP contribution is -2.32. The van der Waals surface area contributed by atoms with Gasteiger partial charge in [-0.2, -0.15) is 0 Å². The Morgan fingerprint density at radius 2 is 1.64 bits per heavy atom. The number of aromatic nitrogens is 2. The maximum absolute atomic E-state index is 13.1. The van der Waals surface area contributed by atoms with Gasteiger partial charge in [0.15, 0.2) is 6.10 Å². The number of hydrogen-bond acceptors (Lipinski definition) is 6. The molecule has 1 unspecified atom stereocenters. The minimum atomic E-state index is -4.10. The van der Waals surface area contributed by atoms with Crippen molar-refractivity contribution < 1.29 is 27.1 Å². The van der Waals surface area contributed by atoms with Gasteiger partial charge in [0.1, 0.15) is 11.5 Å². The molecule has 0 aliphatic rings. The average Bonchev–Trinajstić information content (AvgIpc) is 3.13. The second kappa shape index (κ2) is 11.0. The summed E-state index contributed by atoms with van der Waals surface area (Å²) < 4.78 is 49.1. The van der Waals surface area contributed by atoms with Gasteiger partial charge in [-0.1, -0.05) is 24.3 Å². The van der Waals surface area contributed by atoms with E-state index in [9.17, 15) is 27.2 Å². The zero-order chi connectivity index (χ0) is 28.3. The van der Waals surface area contributed by atoms with Gasteiger partial charge in [-0.25, -0.2) is 22.3 Å². The third-order valence-corrected chi connectivity index (χ3v) is 7.31. The van der Waals surface area contributed by atoms with Gasteiger partial charge >= 0.3 is 5.97 Å². The number of rotatable bonds is 8. The van der Waals surface area contributed by atoms with Crippen LogP contribution in [0.25, 0.3) is 5.69 Å². The highest BCUT2D eigenvalue weighted by Crippen LogP contribution is 2.19. The molecule has 0 saturated heterocycles. The fraction of sp³-hybridized carbons (Fsp3) is 0.148. The highest BCUT2D eigenvalue weighted by molar-refractivity contribution is 7.92. The van der Waals surface area contributed by atoms with E-state index in [4.69, 9.17) is 4.74 Å². The van der Waals surface area contributed by atoms with Crippen LogP contribution in [0.2, 0.25) is 0 Å². The van der Waals surface area contributed by atoms with Crippen LogP contribution >= 0.6 is 0 Å². The van der Waals surface area contributed by atoms with Crippen LogP contribution in [0.15, 0.2) is 88.6 Å². The zero-order valence-electron chi connectivity index (χ0n) is 21.2. The molecule has 1 atom stereocenters. The molecule has 1 heterocycles. The van der Waals surface area contributed by atoms with E-state index < -0.39 is 39.4 Å². The largest absolute Gasteiger partial charge is 0.449 e. The molecular formula is C27H25FN4O6S. The van der Waals surface area contributed by atoms with Crippen LogP contribution in [-0.4, -0.2) is 35.8 Å². The molecule has 3 aromatic carbocycles. The van der Waals surface area contributed by atoms with Gasteiger partial charge in [-0.05, 0) is 68.4 Å². The molecule has 0 aliphatic carbocycles. The first kappa shape index (κ1) is 27.3. The molecule has 0 radical (unpaired) electrons. The van der Waals surface area contributed by atoms with E-state index in [1.54, 1.807) is 42.9 Å². The van der Waals surface area contributed by atoms with Crippen LogP contribution in [0.5, 0.6) is 0 Å². The lowest BCUT2D eigenvalue weighted by molar-refractivity contribution is -0.123. The molecule has 39 heavy (non-hydrogen) atoms. The van der Waals surface area contributed by atoms with Crippen molar-refractivity contribution >= 4 is 33.3 Å². The Morgan fingerprint density at radius 1 is 0.974 bits per heavy atom. The Balaban J connectivity index is 1.47. The fourth-order valence-corrected chi connectivity index (χ4v) is 4.85. The van der Waals surface area contributed by atoms with E-state index in [1.165, 1.54) is 41.9 Å². The second-order valence-electron chi connectivity index (χ2n) is 8.61. The number of benzene rings is 3. The molecule has 1 amide bonds. The minimum absolute atomic E-state index is 0.0363. The van der Waals surface area contributed by atoms with Gasteiger partial charge in [-0.3, -0.25) is 19.0 Å². The van der Waals surface area contributed by atoms with Gasteiger partial charge in [0.25, 0.3) is 21.5 Å². The summed E-state index contributed by atoms with van der Waals surface area (Å²) in [6, 6.07) is 18.7. The number of para-hydroxylation sites is 1. The standard InChI is InChI=1S/C27H25FN4O6S/c1-17-24(26(34)32(31(17)3)22-9-5-4-6-10-22)29-25(33)18(2)38-27(35)19-8-7-11-23(16-19)39(36,37)30-21-14-12-20(28)13-15-21/h4-16,18,30H,1-3H3,(H,29,33). The van der Waals surface area contributed by atoms with Crippen molar-refractivity contribution in [1.29, 1.82) is 0 Å². The Morgan fingerprint density at radius 3 is 2.31 bits per heavy atom. The number of ether oxygens (including phenoxy) is 1. The van der Waals surface area contributed by atoms with E-state index in [1.807, 2.05) is 6.07 Å². The van der Waals surface area contributed by atoms with Gasteiger partial charge in [0.2, 0.25) is 0 Å². The maximum atomic E-state index is 13.1. The van der Waals surface area contributed by atoms with Crippen LogP contribution in [0.3, 0.4) is 0 Å². The van der Waals surface area contributed by atoms with E-state index in [-0.39, 0.29) is 21.8 Å². The van der Waals surface area contributed by atoms with Crippen molar-refractivity contribution in [2.24, 2.45) is 7.05 Å². The predicted molar refractivity (Wildman–Crippen MR) is 143 cm³/mol. The number of esters is 1. The van der Waals surface area contributed by atoms with E-state index in [0.29, 0.717) is 11.4 Å². The smallest absolute Gasteiger partial charge is 0.338 e. The first-order valence-corrected chi connectivity index (χ1v) is 13.2. The summed E-state index contributed by atoms with van der Waals surface area (Å²) in [5.41, 5.74) is 0.698. The fourth-order valence-electron chi connectivity index (χ4n) is 3.74. The molecule has 2 N–H and O–H groups in total. The van der Waals surface area contributed by atoms with Crippen LogP contribution in [0, 0.1) is 12.7 Å². The van der Waals surface area contributed by atoms with Crippen LogP contribution in [0.4, 0.5) is 15.8 Å². The number of carbonyl (C=O) groups excluding carboxylic acids is 2. The Bertz CT molecular complexity index is 1700. The molecule has 1 aromatic heterocycles. The number of amides is 1. The number of nitrogens with one attached hydrogen (secondary N) is 2. The number of hydrogen-bond donors (Lipinski definition) is 2. The van der Waals surface area contributed by atoms with Crippen molar-refractivity contribution in [3.05, 3.63) is 106 Å². The maximum Gasteiger partial charge on any atom is 0.338 e. The van der Waals surface area contributed by atoms with Crippen molar-refractivity contribution in [3.63, 3.8) is 0 Å². The van der Waals surface area contributed by atoms with Gasteiger partial charge in [0, 0.05) is 12.7 Å². The molecule has 4 rings (SSSR count). The molecule has 4 aromatic rings. The minimum Gasteiger partial charge on any atom is -0.449 e. The van der Waals surface area contributed by atoms with E-state index in [2.05, 4.69) is 10.0 Å². The van der Waals surface area contributed by atoms with E-state index >= 15 is 0 Å². The molecule has 0 fully saturated rings. The van der Waals surface area contributed by atoms with Crippen LogP contribution in [0.1, 0.15) is 23.0 Å².